The van der Waals surface area contributed by atoms with E-state index in [-0.39, 0.29) is 17.9 Å². The van der Waals surface area contributed by atoms with Gasteiger partial charge >= 0.3 is 0 Å². The Bertz CT molecular complexity index is 732. The molecule has 2 amide bonds. The smallest absolute Gasteiger partial charge is 0.253 e. The Morgan fingerprint density at radius 1 is 1.08 bits per heavy atom. The van der Waals surface area contributed by atoms with Gasteiger partial charge in [0.1, 0.15) is 0 Å². The van der Waals surface area contributed by atoms with Gasteiger partial charge in [-0.1, -0.05) is 28.1 Å². The van der Waals surface area contributed by atoms with Crippen LogP contribution in [0.1, 0.15) is 30.6 Å². The van der Waals surface area contributed by atoms with E-state index in [1.165, 1.54) is 0 Å². The first-order valence-corrected chi connectivity index (χ1v) is 9.81. The van der Waals surface area contributed by atoms with Gasteiger partial charge in [0.2, 0.25) is 5.91 Å². The third-order valence-corrected chi connectivity index (χ3v) is 4.82. The molecule has 0 aliphatic carbocycles. The monoisotopic (exact) mass is 420 g/mol. The van der Waals surface area contributed by atoms with Crippen LogP contribution in [-0.4, -0.2) is 23.6 Å². The van der Waals surface area contributed by atoms with Crippen LogP contribution >= 0.6 is 27.7 Å². The van der Waals surface area contributed by atoms with Crippen molar-refractivity contribution in [3.05, 3.63) is 58.6 Å². The molecule has 0 heterocycles. The number of amides is 2. The van der Waals surface area contributed by atoms with Gasteiger partial charge < -0.3 is 10.6 Å². The Labute approximate surface area is 160 Å². The summed E-state index contributed by atoms with van der Waals surface area (Å²) < 4.78 is 1.03. The zero-order chi connectivity index (χ0) is 18.2. The van der Waals surface area contributed by atoms with Gasteiger partial charge in [-0.15, -0.1) is 11.8 Å². The number of para-hydroxylation sites is 1. The van der Waals surface area contributed by atoms with E-state index in [0.29, 0.717) is 23.4 Å². The molecule has 0 aromatic heterocycles. The zero-order valence-electron chi connectivity index (χ0n) is 14.2. The number of halogens is 1. The topological polar surface area (TPSA) is 58.2 Å². The molecular formula is C19H21BrN2O2S. The molecule has 0 bridgehead atoms. The van der Waals surface area contributed by atoms with E-state index < -0.39 is 0 Å². The van der Waals surface area contributed by atoms with Crippen LogP contribution in [0, 0.1) is 0 Å². The zero-order valence-corrected chi connectivity index (χ0v) is 16.6. The van der Waals surface area contributed by atoms with E-state index in [9.17, 15) is 9.59 Å². The normalized spacial score (nSPS) is 10.6. The summed E-state index contributed by atoms with van der Waals surface area (Å²) in [5, 5.41) is 5.68. The van der Waals surface area contributed by atoms with Crippen LogP contribution in [0.25, 0.3) is 0 Å². The van der Waals surface area contributed by atoms with Crippen molar-refractivity contribution < 1.29 is 9.59 Å². The highest BCUT2D eigenvalue weighted by Gasteiger charge is 2.13. The lowest BCUT2D eigenvalue weighted by atomic mass is 10.1. The molecule has 2 N–H and O–H groups in total. The number of carbonyl (C=O) groups is 2. The standard InChI is InChI=1S/C19H21BrN2O2S/c1-13(2)21-19(24)16-5-3-4-6-17(16)22-18(23)11-12-25-15-9-7-14(20)8-10-15/h3-10,13H,11-12H2,1-2H3,(H,21,24)(H,22,23). The van der Waals surface area contributed by atoms with E-state index >= 15 is 0 Å². The van der Waals surface area contributed by atoms with Crippen LogP contribution in [-0.2, 0) is 4.79 Å². The first-order chi connectivity index (χ1) is 12.0. The lowest BCUT2D eigenvalue weighted by Crippen LogP contribution is -2.31. The van der Waals surface area contributed by atoms with Crippen molar-refractivity contribution in [2.75, 3.05) is 11.1 Å². The molecule has 25 heavy (non-hydrogen) atoms. The first kappa shape index (κ1) is 19.5. The summed E-state index contributed by atoms with van der Waals surface area (Å²) in [5.41, 5.74) is 1.02. The van der Waals surface area contributed by atoms with Crippen molar-refractivity contribution in [2.45, 2.75) is 31.2 Å². The van der Waals surface area contributed by atoms with Gasteiger partial charge in [-0.2, -0.15) is 0 Å². The number of thioether (sulfide) groups is 1. The van der Waals surface area contributed by atoms with E-state index in [1.54, 1.807) is 36.0 Å². The predicted octanol–water partition coefficient (Wildman–Crippen LogP) is 4.71. The Balaban J connectivity index is 1.90. The van der Waals surface area contributed by atoms with E-state index in [0.717, 1.165) is 9.37 Å². The lowest BCUT2D eigenvalue weighted by Gasteiger charge is -2.13. The average molecular weight is 421 g/mol. The highest BCUT2D eigenvalue weighted by Crippen LogP contribution is 2.22. The van der Waals surface area contributed by atoms with Crippen LogP contribution in [0.15, 0.2) is 57.9 Å². The maximum Gasteiger partial charge on any atom is 0.253 e. The molecule has 2 rings (SSSR count). The largest absolute Gasteiger partial charge is 0.350 e. The molecule has 0 unspecified atom stereocenters. The fraction of sp³-hybridized carbons (Fsp3) is 0.263. The maximum absolute atomic E-state index is 12.2. The number of hydrogen-bond acceptors (Lipinski definition) is 3. The summed E-state index contributed by atoms with van der Waals surface area (Å²) in [6.45, 7) is 3.80. The minimum Gasteiger partial charge on any atom is -0.350 e. The second-order valence-electron chi connectivity index (χ2n) is 5.77. The van der Waals surface area contributed by atoms with Crippen LogP contribution in [0.4, 0.5) is 5.69 Å². The number of benzene rings is 2. The van der Waals surface area contributed by atoms with E-state index in [2.05, 4.69) is 26.6 Å². The molecule has 0 saturated carbocycles. The summed E-state index contributed by atoms with van der Waals surface area (Å²) in [6.07, 6.45) is 0.376. The van der Waals surface area contributed by atoms with Crippen molar-refractivity contribution in [1.82, 2.24) is 5.32 Å². The molecule has 0 aliphatic heterocycles. The summed E-state index contributed by atoms with van der Waals surface area (Å²) in [7, 11) is 0. The minimum absolute atomic E-state index is 0.0403. The first-order valence-electron chi connectivity index (χ1n) is 8.04. The Kier molecular flexibility index (Phi) is 7.52. The molecule has 0 spiro atoms. The number of nitrogens with one attached hydrogen (secondary N) is 2. The fourth-order valence-corrected chi connectivity index (χ4v) is 3.25. The Morgan fingerprint density at radius 2 is 1.76 bits per heavy atom. The van der Waals surface area contributed by atoms with Crippen molar-refractivity contribution in [2.24, 2.45) is 0 Å². The maximum atomic E-state index is 12.2. The van der Waals surface area contributed by atoms with Crippen molar-refractivity contribution in [1.29, 1.82) is 0 Å². The van der Waals surface area contributed by atoms with Gasteiger partial charge in [0.25, 0.3) is 5.91 Å². The summed E-state index contributed by atoms with van der Waals surface area (Å²) in [6, 6.07) is 15.1. The molecule has 0 radical (unpaired) electrons. The highest BCUT2D eigenvalue weighted by molar-refractivity contribution is 9.10. The van der Waals surface area contributed by atoms with Crippen LogP contribution < -0.4 is 10.6 Å². The van der Waals surface area contributed by atoms with Crippen molar-refractivity contribution in [3.63, 3.8) is 0 Å². The number of carbonyl (C=O) groups excluding carboxylic acids is 2. The van der Waals surface area contributed by atoms with Gasteiger partial charge in [0, 0.05) is 27.6 Å². The molecule has 4 nitrogen and oxygen atoms in total. The third-order valence-electron chi connectivity index (χ3n) is 3.28. The van der Waals surface area contributed by atoms with E-state index in [4.69, 9.17) is 0 Å². The number of rotatable bonds is 7. The van der Waals surface area contributed by atoms with Crippen molar-refractivity contribution >= 4 is 45.2 Å². The highest BCUT2D eigenvalue weighted by atomic mass is 79.9. The van der Waals surface area contributed by atoms with Gasteiger partial charge in [0.15, 0.2) is 0 Å². The molecule has 0 aliphatic rings. The third kappa shape index (κ3) is 6.55. The summed E-state index contributed by atoms with van der Waals surface area (Å²) in [5.74, 6) is 0.387. The molecule has 2 aromatic carbocycles. The van der Waals surface area contributed by atoms with Crippen molar-refractivity contribution in [3.8, 4) is 0 Å². The van der Waals surface area contributed by atoms with Gasteiger partial charge in [-0.3, -0.25) is 9.59 Å². The second kappa shape index (κ2) is 9.63. The number of hydrogen-bond donors (Lipinski definition) is 2. The quantitative estimate of drug-likeness (QED) is 0.637. The SMILES string of the molecule is CC(C)NC(=O)c1ccccc1NC(=O)CCSc1ccc(Br)cc1. The Hall–Kier alpha value is -1.79. The molecule has 6 heteroatoms. The van der Waals surface area contributed by atoms with Gasteiger partial charge in [0.05, 0.1) is 11.3 Å². The molecule has 0 atom stereocenters. The molecule has 2 aromatic rings. The molecule has 0 fully saturated rings. The summed E-state index contributed by atoms with van der Waals surface area (Å²) >= 11 is 5.03. The average Bonchev–Trinajstić information content (AvgIpc) is 2.56. The predicted molar refractivity (Wildman–Crippen MR) is 107 cm³/mol. The van der Waals surface area contributed by atoms with Crippen LogP contribution in [0.5, 0.6) is 0 Å². The summed E-state index contributed by atoms with van der Waals surface area (Å²) in [4.78, 5) is 25.5. The van der Waals surface area contributed by atoms with Crippen LogP contribution in [0.2, 0.25) is 0 Å². The lowest BCUT2D eigenvalue weighted by molar-refractivity contribution is -0.115. The molecule has 0 saturated heterocycles. The fourth-order valence-electron chi connectivity index (χ4n) is 2.14. The molecular weight excluding hydrogens is 400 g/mol. The molecule has 132 valence electrons. The van der Waals surface area contributed by atoms with Gasteiger partial charge in [-0.25, -0.2) is 0 Å². The minimum atomic E-state index is -0.185. The Morgan fingerprint density at radius 3 is 2.44 bits per heavy atom. The van der Waals surface area contributed by atoms with Gasteiger partial charge in [-0.05, 0) is 50.2 Å². The number of anilines is 1. The second-order valence-corrected chi connectivity index (χ2v) is 7.86. The van der Waals surface area contributed by atoms with Crippen LogP contribution in [0.3, 0.4) is 0 Å². The van der Waals surface area contributed by atoms with E-state index in [1.807, 2.05) is 38.1 Å².